The summed E-state index contributed by atoms with van der Waals surface area (Å²) in [6, 6.07) is -8.06. The zero-order valence-electron chi connectivity index (χ0n) is 34.7. The van der Waals surface area contributed by atoms with E-state index in [0.29, 0.717) is 77.5 Å². The van der Waals surface area contributed by atoms with Crippen LogP contribution in [0.5, 0.6) is 0 Å². The molecule has 0 spiro atoms. The molecule has 0 saturated heterocycles. The second kappa shape index (κ2) is 31.8. The van der Waals surface area contributed by atoms with E-state index in [1.165, 1.54) is 0 Å². The number of hydrogen-bond donors (Lipinski definition) is 14. The molecule has 21 nitrogen and oxygen atoms in total. The van der Waals surface area contributed by atoms with Crippen molar-refractivity contribution in [1.82, 2.24) is 31.9 Å². The molecule has 0 heterocycles. The number of hydrogen-bond acceptors (Lipinski definition) is 14. The van der Waals surface area contributed by atoms with Crippen LogP contribution in [0, 0.1) is 5.92 Å². The highest BCUT2D eigenvalue weighted by molar-refractivity contribution is 7.80. The third kappa shape index (κ3) is 23.3. The van der Waals surface area contributed by atoms with E-state index in [1.807, 2.05) is 0 Å². The second-order valence-corrected chi connectivity index (χ2v) is 15.2. The fourth-order valence-corrected chi connectivity index (χ4v) is 6.07. The number of thiol groups is 1. The minimum Gasteiger partial charge on any atom is -0.481 e. The van der Waals surface area contributed by atoms with E-state index in [9.17, 15) is 38.4 Å². The largest absolute Gasteiger partial charge is 0.481 e. The fraction of sp³-hybridized carbons (Fsp3) is 0.784. The Balaban J connectivity index is 6.22. The zero-order chi connectivity index (χ0) is 44.9. The number of nitrogens with one attached hydrogen (secondary N) is 6. The molecule has 0 bridgehead atoms. The van der Waals surface area contributed by atoms with Gasteiger partial charge in [0.15, 0.2) is 0 Å². The lowest BCUT2D eigenvalue weighted by molar-refractivity contribution is -0.137. The number of carboxylic acid groups (broad SMARTS) is 1. The summed E-state index contributed by atoms with van der Waals surface area (Å²) < 4.78 is 0. The molecular weight excluding hydrogens is 789 g/mol. The van der Waals surface area contributed by atoms with Crippen molar-refractivity contribution < 1.29 is 43.5 Å². The van der Waals surface area contributed by atoms with Gasteiger partial charge in [-0.05, 0) is 116 Å². The first kappa shape index (κ1) is 54.9. The summed E-state index contributed by atoms with van der Waals surface area (Å²) in [5.74, 6) is -6.83. The van der Waals surface area contributed by atoms with Crippen LogP contribution < -0.4 is 66.3 Å². The maximum absolute atomic E-state index is 13.9. The number of carboxylic acids is 1. The van der Waals surface area contributed by atoms with Crippen LogP contribution in [0.3, 0.4) is 0 Å². The Morgan fingerprint density at radius 1 is 0.492 bits per heavy atom. The smallest absolute Gasteiger partial charge is 0.303 e. The van der Waals surface area contributed by atoms with Gasteiger partial charge in [0.1, 0.15) is 36.3 Å². The van der Waals surface area contributed by atoms with E-state index in [-0.39, 0.29) is 44.3 Å². The average molecular weight is 861 g/mol. The molecule has 0 aromatic carbocycles. The number of primary amides is 1. The van der Waals surface area contributed by atoms with E-state index in [2.05, 4.69) is 44.5 Å². The molecule has 0 radical (unpaired) electrons. The van der Waals surface area contributed by atoms with Gasteiger partial charge in [0.25, 0.3) is 0 Å². The Morgan fingerprint density at radius 3 is 1.15 bits per heavy atom. The van der Waals surface area contributed by atoms with Crippen LogP contribution in [0.2, 0.25) is 0 Å². The summed E-state index contributed by atoms with van der Waals surface area (Å²) in [5.41, 5.74) is 34.0. The fourth-order valence-electron chi connectivity index (χ4n) is 5.81. The van der Waals surface area contributed by atoms with E-state index >= 15 is 0 Å². The van der Waals surface area contributed by atoms with Gasteiger partial charge in [0.05, 0.1) is 6.04 Å². The zero-order valence-corrected chi connectivity index (χ0v) is 35.6. The van der Waals surface area contributed by atoms with Gasteiger partial charge in [0, 0.05) is 12.2 Å². The number of rotatable bonds is 34. The molecule has 0 aliphatic carbocycles. The van der Waals surface area contributed by atoms with Crippen molar-refractivity contribution in [3.63, 3.8) is 0 Å². The summed E-state index contributed by atoms with van der Waals surface area (Å²) in [6.07, 6.45) is 4.23. The lowest BCUT2D eigenvalue weighted by atomic mass is 10.0. The van der Waals surface area contributed by atoms with E-state index < -0.39 is 95.5 Å². The lowest BCUT2D eigenvalue weighted by Crippen LogP contribution is -2.60. The van der Waals surface area contributed by atoms with E-state index in [4.69, 9.17) is 39.5 Å². The number of unbranched alkanes of at least 4 members (excludes halogenated alkanes) is 4. The number of carbonyl (C=O) groups excluding carboxylic acids is 7. The Labute approximate surface area is 352 Å². The van der Waals surface area contributed by atoms with Crippen molar-refractivity contribution in [2.75, 3.05) is 31.9 Å². The van der Waals surface area contributed by atoms with Crippen molar-refractivity contribution in [3.8, 4) is 0 Å². The summed E-state index contributed by atoms with van der Waals surface area (Å²) in [4.78, 5) is 104. The maximum Gasteiger partial charge on any atom is 0.303 e. The van der Waals surface area contributed by atoms with Crippen molar-refractivity contribution >= 4 is 59.9 Å². The Kier molecular flexibility index (Phi) is 29.6. The minimum atomic E-state index is -1.27. The first-order chi connectivity index (χ1) is 28.0. The van der Waals surface area contributed by atoms with E-state index in [1.54, 1.807) is 13.8 Å². The first-order valence-electron chi connectivity index (χ1n) is 20.5. The molecule has 0 unspecified atom stereocenters. The minimum absolute atomic E-state index is 0.112. The molecular formula is C37H72N12O9S. The molecule has 0 aromatic heterocycles. The number of carbonyl (C=O) groups is 8. The van der Waals surface area contributed by atoms with Gasteiger partial charge in [-0.15, -0.1) is 0 Å². The monoisotopic (exact) mass is 861 g/mol. The summed E-state index contributed by atoms with van der Waals surface area (Å²) in [5, 5.41) is 24.7. The standard InChI is InChI=1S/C37H72N12O9S/c1-22(2)30(49-32(53)23(42)15-16-29(50)51)37(58)48-28(21-59)36(57)47-27(14-6-10-20-41)35(56)46-26(13-5-9-19-40)34(55)45-25(12-4-8-18-39)33(54)44-24(31(43)52)11-3-7-17-38/h22-28,30,59H,3-21,38-42H2,1-2H3,(H2,43,52)(H,44,54)(H,45,55)(H,46,56)(H,47,57)(H,48,58)(H,49,53)(H,50,51)/t23-,24-,25-,26-,27-,28-,30-/m0/s1. The highest BCUT2D eigenvalue weighted by Gasteiger charge is 2.33. The number of amides is 7. The SMILES string of the molecule is CC(C)[C@H](NC(=O)[C@@H](N)CCC(=O)O)C(=O)N[C@@H](CS)C(=O)N[C@@H](CCCCN)C(=O)N[C@@H](CCCCN)C(=O)N[C@@H](CCCCN)C(=O)N[C@@H](CCCCN)C(N)=O. The van der Waals surface area contributed by atoms with Gasteiger partial charge >= 0.3 is 5.97 Å². The summed E-state index contributed by atoms with van der Waals surface area (Å²) >= 11 is 4.23. The van der Waals surface area contributed by atoms with Crippen LogP contribution in [0.25, 0.3) is 0 Å². The quantitative estimate of drug-likeness (QED) is 0.0223. The topological polar surface area (TPSA) is 385 Å². The second-order valence-electron chi connectivity index (χ2n) is 14.8. The predicted octanol–water partition coefficient (Wildman–Crippen LogP) is -3.33. The van der Waals surface area contributed by atoms with Crippen LogP contribution in [0.1, 0.15) is 104 Å². The van der Waals surface area contributed by atoms with Crippen LogP contribution in [-0.4, -0.2) is 127 Å². The van der Waals surface area contributed by atoms with Crippen LogP contribution in [0.15, 0.2) is 0 Å². The molecule has 0 fully saturated rings. The van der Waals surface area contributed by atoms with Crippen LogP contribution in [-0.2, 0) is 38.4 Å². The number of nitrogens with two attached hydrogens (primary N) is 6. The van der Waals surface area contributed by atoms with Crippen molar-refractivity contribution in [2.45, 2.75) is 146 Å². The van der Waals surface area contributed by atoms with Crippen molar-refractivity contribution in [3.05, 3.63) is 0 Å². The predicted molar refractivity (Wildman–Crippen MR) is 226 cm³/mol. The third-order valence-electron chi connectivity index (χ3n) is 9.41. The van der Waals surface area contributed by atoms with Gasteiger partial charge in [-0.2, -0.15) is 12.6 Å². The molecule has 0 aliphatic heterocycles. The van der Waals surface area contributed by atoms with Gasteiger partial charge in [-0.25, -0.2) is 0 Å². The van der Waals surface area contributed by atoms with Gasteiger partial charge < -0.3 is 71.4 Å². The molecule has 19 N–H and O–H groups in total. The average Bonchev–Trinajstić information content (AvgIpc) is 3.18. The molecule has 7 amide bonds. The highest BCUT2D eigenvalue weighted by Crippen LogP contribution is 2.10. The van der Waals surface area contributed by atoms with Gasteiger partial charge in [-0.3, -0.25) is 38.4 Å². The molecule has 340 valence electrons. The molecule has 0 saturated carbocycles. The molecule has 59 heavy (non-hydrogen) atoms. The van der Waals surface area contributed by atoms with Gasteiger partial charge in [0.2, 0.25) is 41.4 Å². The highest BCUT2D eigenvalue weighted by atomic mass is 32.1. The van der Waals surface area contributed by atoms with Gasteiger partial charge in [-0.1, -0.05) is 13.8 Å². The van der Waals surface area contributed by atoms with E-state index in [0.717, 1.165) is 0 Å². The van der Waals surface area contributed by atoms with Crippen molar-refractivity contribution in [2.24, 2.45) is 40.3 Å². The summed E-state index contributed by atoms with van der Waals surface area (Å²) in [6.45, 7) is 4.67. The Hall–Kier alpha value is -4.09. The molecule has 7 atom stereocenters. The molecule has 0 rings (SSSR count). The number of aliphatic carboxylic acids is 1. The first-order valence-corrected chi connectivity index (χ1v) is 21.1. The van der Waals surface area contributed by atoms with Crippen LogP contribution in [0.4, 0.5) is 0 Å². The molecule has 0 aliphatic rings. The molecule has 22 heteroatoms. The molecule has 0 aromatic rings. The normalized spacial score (nSPS) is 14.7. The lowest BCUT2D eigenvalue weighted by Gasteiger charge is -2.28. The van der Waals surface area contributed by atoms with Crippen molar-refractivity contribution in [1.29, 1.82) is 0 Å². The third-order valence-corrected chi connectivity index (χ3v) is 9.78. The van der Waals surface area contributed by atoms with Crippen LogP contribution >= 0.6 is 12.6 Å². The Bertz CT molecular complexity index is 1330. The Morgan fingerprint density at radius 2 is 0.831 bits per heavy atom. The maximum atomic E-state index is 13.9. The summed E-state index contributed by atoms with van der Waals surface area (Å²) in [7, 11) is 0.